The lowest BCUT2D eigenvalue weighted by molar-refractivity contribution is 0.0181. The van der Waals surface area contributed by atoms with Crippen LogP contribution in [0.4, 0.5) is 4.79 Å². The van der Waals surface area contributed by atoms with Crippen LogP contribution in [-0.4, -0.2) is 44.9 Å². The molecule has 0 saturated carbocycles. The monoisotopic (exact) mass is 520 g/mol. The van der Waals surface area contributed by atoms with Crippen molar-refractivity contribution in [2.75, 3.05) is 13.1 Å². The van der Waals surface area contributed by atoms with Crippen LogP contribution in [0.1, 0.15) is 63.4 Å². The number of hydrogen-bond donors (Lipinski definition) is 0. The Kier molecular flexibility index (Phi) is 8.08. The first-order valence-electron chi connectivity index (χ1n) is 12.9. The van der Waals surface area contributed by atoms with E-state index in [-0.39, 0.29) is 12.0 Å². The maximum atomic E-state index is 12.7. The second-order valence-electron chi connectivity index (χ2n) is 10.7. The summed E-state index contributed by atoms with van der Waals surface area (Å²) in [5.74, 6) is 1.31. The second-order valence-corrected chi connectivity index (χ2v) is 11.2. The average molecular weight is 521 g/mol. The molecule has 0 spiro atoms. The molecule has 1 amide bonds. The molecule has 1 aromatic carbocycles. The highest BCUT2D eigenvalue weighted by molar-refractivity contribution is 6.30. The number of carbonyl (C=O) groups excluding carboxylic acids is 1. The van der Waals surface area contributed by atoms with Gasteiger partial charge in [-0.25, -0.2) is 9.78 Å². The number of aryl methyl sites for hydroxylation is 1. The third kappa shape index (κ3) is 6.07. The first-order chi connectivity index (χ1) is 17.6. The second kappa shape index (κ2) is 11.1. The number of amides is 1. The SMILES string of the molecule is C=CN=C1/C(=C\C)C(Cn2ccnc2C)=Cc2cc(Cl)ccc2C1C1CCN(C(=O)OC(C)(C)C)CC1. The Hall–Kier alpha value is -3.12. The van der Waals surface area contributed by atoms with Gasteiger partial charge in [0, 0.05) is 49.2 Å². The number of allylic oxidation sites excluding steroid dienone is 3. The topological polar surface area (TPSA) is 59.7 Å². The fraction of sp³-hybridized carbons (Fsp3) is 0.433. The molecule has 1 atom stereocenters. The van der Waals surface area contributed by atoms with Gasteiger partial charge in [0.1, 0.15) is 11.4 Å². The number of likely N-dealkylation sites (tertiary alicyclic amines) is 1. The quantitative estimate of drug-likeness (QED) is 0.428. The zero-order chi connectivity index (χ0) is 26.7. The van der Waals surface area contributed by atoms with Gasteiger partial charge in [-0.2, -0.15) is 0 Å². The molecule has 2 heterocycles. The molecule has 1 unspecified atom stereocenters. The molecule has 0 bridgehead atoms. The molecule has 0 N–H and O–H groups in total. The van der Waals surface area contributed by atoms with Gasteiger partial charge < -0.3 is 14.2 Å². The standard InChI is InChI=1S/C30H37ClN4O2/c1-7-25-23(19-35-16-13-33-20(35)3)17-22-18-24(31)9-10-26(22)27(28(25)32-8-2)21-11-14-34(15-12-21)29(36)37-30(4,5)6/h7-10,13,16-18,21,27H,2,11-12,14-15,19H2,1,3-6H3/b25-7-,32-28?. The summed E-state index contributed by atoms with van der Waals surface area (Å²) in [6.45, 7) is 15.7. The van der Waals surface area contributed by atoms with Crippen molar-refractivity contribution in [2.45, 2.75) is 65.5 Å². The number of hydrogen-bond acceptors (Lipinski definition) is 4. The minimum Gasteiger partial charge on any atom is -0.444 e. The molecule has 0 radical (unpaired) electrons. The maximum absolute atomic E-state index is 12.7. The summed E-state index contributed by atoms with van der Waals surface area (Å²) in [5, 5.41) is 0.706. The smallest absolute Gasteiger partial charge is 0.410 e. The number of nitrogens with zero attached hydrogens (tertiary/aromatic N) is 4. The first kappa shape index (κ1) is 26.9. The molecule has 2 aliphatic rings. The first-order valence-corrected chi connectivity index (χ1v) is 13.3. The van der Waals surface area contributed by atoms with E-state index in [0.29, 0.717) is 30.6 Å². The lowest BCUT2D eigenvalue weighted by atomic mass is 9.74. The van der Waals surface area contributed by atoms with Crippen molar-refractivity contribution in [2.24, 2.45) is 10.9 Å². The Bertz CT molecular complexity index is 1260. The van der Waals surface area contributed by atoms with Crippen LogP contribution in [0.3, 0.4) is 0 Å². The lowest BCUT2D eigenvalue weighted by Crippen LogP contribution is -2.43. The zero-order valence-electron chi connectivity index (χ0n) is 22.5. The zero-order valence-corrected chi connectivity index (χ0v) is 23.3. The van der Waals surface area contributed by atoms with E-state index in [0.717, 1.165) is 41.1 Å². The number of aromatic nitrogens is 2. The van der Waals surface area contributed by atoms with Crippen molar-refractivity contribution in [3.05, 3.63) is 82.6 Å². The predicted molar refractivity (Wildman–Crippen MR) is 151 cm³/mol. The molecular weight excluding hydrogens is 484 g/mol. The van der Waals surface area contributed by atoms with Gasteiger partial charge in [-0.1, -0.05) is 30.3 Å². The molecule has 2 aromatic rings. The van der Waals surface area contributed by atoms with E-state index >= 15 is 0 Å². The van der Waals surface area contributed by atoms with Crippen LogP contribution < -0.4 is 0 Å². The minimum absolute atomic E-state index is 0.0508. The summed E-state index contributed by atoms with van der Waals surface area (Å²) in [6.07, 6.45) is 11.3. The van der Waals surface area contributed by atoms with Crippen molar-refractivity contribution in [1.82, 2.24) is 14.5 Å². The highest BCUT2D eigenvalue weighted by atomic mass is 35.5. The number of fused-ring (bicyclic) bond motifs is 1. The van der Waals surface area contributed by atoms with Gasteiger partial charge in [-0.3, -0.25) is 4.99 Å². The molecule has 1 aliphatic heterocycles. The molecule has 1 saturated heterocycles. The highest BCUT2D eigenvalue weighted by Gasteiger charge is 2.37. The van der Waals surface area contributed by atoms with Gasteiger partial charge >= 0.3 is 6.09 Å². The Balaban J connectivity index is 1.71. The fourth-order valence-electron chi connectivity index (χ4n) is 5.38. The van der Waals surface area contributed by atoms with Crippen LogP contribution in [0.2, 0.25) is 5.02 Å². The van der Waals surface area contributed by atoms with Crippen molar-refractivity contribution in [1.29, 1.82) is 0 Å². The molecule has 7 heteroatoms. The van der Waals surface area contributed by atoms with Crippen LogP contribution in [0.25, 0.3) is 6.08 Å². The highest BCUT2D eigenvalue weighted by Crippen LogP contribution is 2.43. The van der Waals surface area contributed by atoms with Crippen LogP contribution in [0.15, 0.2) is 65.6 Å². The van der Waals surface area contributed by atoms with E-state index in [9.17, 15) is 4.79 Å². The summed E-state index contributed by atoms with van der Waals surface area (Å²) < 4.78 is 7.77. The summed E-state index contributed by atoms with van der Waals surface area (Å²) in [6, 6.07) is 6.14. The van der Waals surface area contributed by atoms with Gasteiger partial charge in [-0.15, -0.1) is 0 Å². The molecule has 1 aliphatic carbocycles. The Labute approximate surface area is 225 Å². The van der Waals surface area contributed by atoms with E-state index in [2.05, 4.69) is 41.3 Å². The van der Waals surface area contributed by atoms with Crippen LogP contribution in [0, 0.1) is 12.8 Å². The van der Waals surface area contributed by atoms with Crippen molar-refractivity contribution >= 4 is 29.5 Å². The third-order valence-corrected chi connectivity index (χ3v) is 7.31. The molecule has 37 heavy (non-hydrogen) atoms. The van der Waals surface area contributed by atoms with Crippen molar-refractivity contribution < 1.29 is 9.53 Å². The van der Waals surface area contributed by atoms with Crippen molar-refractivity contribution in [3.63, 3.8) is 0 Å². The average Bonchev–Trinajstić information content (AvgIpc) is 3.18. The number of piperidine rings is 1. The Morgan fingerprint density at radius 2 is 2.03 bits per heavy atom. The number of halogens is 1. The van der Waals surface area contributed by atoms with Crippen LogP contribution >= 0.6 is 11.6 Å². The van der Waals surface area contributed by atoms with Gasteiger partial charge in [0.05, 0.1) is 5.71 Å². The van der Waals surface area contributed by atoms with Gasteiger partial charge in [-0.05, 0) is 93.9 Å². The van der Waals surface area contributed by atoms with E-state index < -0.39 is 5.60 Å². The minimum atomic E-state index is -0.506. The largest absolute Gasteiger partial charge is 0.444 e. The van der Waals surface area contributed by atoms with Gasteiger partial charge in [0.25, 0.3) is 0 Å². The van der Waals surface area contributed by atoms with Gasteiger partial charge in [0.15, 0.2) is 0 Å². The summed E-state index contributed by atoms with van der Waals surface area (Å²) in [7, 11) is 0. The molecule has 6 nitrogen and oxygen atoms in total. The van der Waals surface area contributed by atoms with Crippen molar-refractivity contribution in [3.8, 4) is 0 Å². The number of carbonyl (C=O) groups is 1. The molecular formula is C30H37ClN4O2. The molecule has 1 fully saturated rings. The van der Waals surface area contributed by atoms with E-state index in [4.69, 9.17) is 21.3 Å². The normalized spacial score (nSPS) is 21.0. The number of imidazole rings is 1. The number of rotatable bonds is 4. The Morgan fingerprint density at radius 1 is 1.30 bits per heavy atom. The lowest BCUT2D eigenvalue weighted by Gasteiger charge is -2.37. The van der Waals surface area contributed by atoms with E-state index in [1.807, 2.05) is 57.1 Å². The summed E-state index contributed by atoms with van der Waals surface area (Å²) in [4.78, 5) is 23.8. The summed E-state index contributed by atoms with van der Waals surface area (Å²) in [5.41, 5.74) is 5.08. The van der Waals surface area contributed by atoms with E-state index in [1.165, 1.54) is 5.56 Å². The Morgan fingerprint density at radius 3 is 2.62 bits per heavy atom. The molecule has 1 aromatic heterocycles. The number of benzene rings is 1. The van der Waals surface area contributed by atoms with Gasteiger partial charge in [0.2, 0.25) is 0 Å². The summed E-state index contributed by atoms with van der Waals surface area (Å²) >= 11 is 6.49. The third-order valence-electron chi connectivity index (χ3n) is 7.08. The van der Waals surface area contributed by atoms with E-state index in [1.54, 1.807) is 6.20 Å². The fourth-order valence-corrected chi connectivity index (χ4v) is 5.56. The maximum Gasteiger partial charge on any atom is 0.410 e. The predicted octanol–water partition coefficient (Wildman–Crippen LogP) is 7.20. The molecule has 4 rings (SSSR count). The molecule has 196 valence electrons. The number of ether oxygens (including phenoxy) is 1. The van der Waals surface area contributed by atoms with Crippen LogP contribution in [-0.2, 0) is 11.3 Å². The van der Waals surface area contributed by atoms with Crippen LogP contribution in [0.5, 0.6) is 0 Å². The number of aliphatic imine (C=N–C) groups is 1.